The van der Waals surface area contributed by atoms with Gasteiger partial charge in [-0.2, -0.15) is 0 Å². The van der Waals surface area contributed by atoms with Gasteiger partial charge >= 0.3 is 0 Å². The van der Waals surface area contributed by atoms with Crippen molar-refractivity contribution in [3.63, 3.8) is 0 Å². The van der Waals surface area contributed by atoms with Crippen molar-refractivity contribution in [2.45, 2.75) is 26.4 Å². The third kappa shape index (κ3) is 11.4. The molecule has 0 aromatic heterocycles. The summed E-state index contributed by atoms with van der Waals surface area (Å²) in [6, 6.07) is 0. The van der Waals surface area contributed by atoms with Crippen LogP contribution in [0.3, 0.4) is 0 Å². The molecule has 0 aromatic rings. The summed E-state index contributed by atoms with van der Waals surface area (Å²) < 4.78 is 0. The SMILES string of the molecule is CC.OCCC(O)CO. The molecular formula is C6H16O3. The van der Waals surface area contributed by atoms with Crippen molar-refractivity contribution in [2.24, 2.45) is 0 Å². The maximum Gasteiger partial charge on any atom is 0.0792 e. The zero-order valence-corrected chi connectivity index (χ0v) is 6.04. The van der Waals surface area contributed by atoms with Gasteiger partial charge in [-0.15, -0.1) is 0 Å². The number of aliphatic hydroxyl groups is 3. The van der Waals surface area contributed by atoms with Gasteiger partial charge < -0.3 is 15.3 Å². The van der Waals surface area contributed by atoms with Crippen LogP contribution in [-0.4, -0.2) is 34.6 Å². The van der Waals surface area contributed by atoms with E-state index < -0.39 is 6.10 Å². The van der Waals surface area contributed by atoms with Crippen molar-refractivity contribution < 1.29 is 15.3 Å². The molecule has 58 valence electrons. The van der Waals surface area contributed by atoms with Gasteiger partial charge in [0, 0.05) is 6.61 Å². The van der Waals surface area contributed by atoms with Crippen molar-refractivity contribution in [3.8, 4) is 0 Å². The molecular weight excluding hydrogens is 120 g/mol. The summed E-state index contributed by atoms with van der Waals surface area (Å²) in [6.45, 7) is 3.67. The summed E-state index contributed by atoms with van der Waals surface area (Å²) in [5, 5.41) is 24.6. The Morgan fingerprint density at radius 2 is 1.67 bits per heavy atom. The molecule has 0 rings (SSSR count). The average molecular weight is 136 g/mol. The number of hydrogen-bond acceptors (Lipinski definition) is 3. The topological polar surface area (TPSA) is 60.7 Å². The molecule has 0 aliphatic rings. The van der Waals surface area contributed by atoms with E-state index in [-0.39, 0.29) is 19.6 Å². The molecule has 1 unspecified atom stereocenters. The van der Waals surface area contributed by atoms with E-state index in [4.69, 9.17) is 15.3 Å². The fourth-order valence-electron chi connectivity index (χ4n) is 0.240. The van der Waals surface area contributed by atoms with Crippen LogP contribution in [0.2, 0.25) is 0 Å². The minimum Gasteiger partial charge on any atom is -0.396 e. The zero-order valence-electron chi connectivity index (χ0n) is 6.04. The summed E-state index contributed by atoms with van der Waals surface area (Å²) in [4.78, 5) is 0. The lowest BCUT2D eigenvalue weighted by molar-refractivity contribution is 0.0721. The Morgan fingerprint density at radius 3 is 1.78 bits per heavy atom. The Bertz CT molecular complexity index is 39.3. The highest BCUT2D eigenvalue weighted by Gasteiger charge is 1.96. The van der Waals surface area contributed by atoms with Crippen LogP contribution < -0.4 is 0 Å². The van der Waals surface area contributed by atoms with Crippen molar-refractivity contribution in [2.75, 3.05) is 13.2 Å². The smallest absolute Gasteiger partial charge is 0.0792 e. The molecule has 0 aliphatic carbocycles. The highest BCUT2D eigenvalue weighted by Crippen LogP contribution is 1.84. The third-order valence-electron chi connectivity index (χ3n) is 0.673. The highest BCUT2D eigenvalue weighted by atomic mass is 16.3. The molecule has 9 heavy (non-hydrogen) atoms. The van der Waals surface area contributed by atoms with E-state index in [0.717, 1.165) is 0 Å². The average Bonchev–Trinajstić information content (AvgIpc) is 1.93. The van der Waals surface area contributed by atoms with Gasteiger partial charge in [-0.05, 0) is 6.42 Å². The van der Waals surface area contributed by atoms with Gasteiger partial charge in [-0.25, -0.2) is 0 Å². The van der Waals surface area contributed by atoms with Crippen molar-refractivity contribution >= 4 is 0 Å². The number of rotatable bonds is 3. The molecule has 0 heterocycles. The quantitative estimate of drug-likeness (QED) is 0.501. The number of hydrogen-bond donors (Lipinski definition) is 3. The molecule has 0 saturated heterocycles. The van der Waals surface area contributed by atoms with Crippen LogP contribution in [0, 0.1) is 0 Å². The highest BCUT2D eigenvalue weighted by molar-refractivity contribution is 4.48. The van der Waals surface area contributed by atoms with Crippen molar-refractivity contribution in [1.29, 1.82) is 0 Å². The van der Waals surface area contributed by atoms with Crippen molar-refractivity contribution in [1.82, 2.24) is 0 Å². The van der Waals surface area contributed by atoms with Gasteiger partial charge in [-0.3, -0.25) is 0 Å². The van der Waals surface area contributed by atoms with Gasteiger partial charge in [0.05, 0.1) is 12.7 Å². The first kappa shape index (κ1) is 11.6. The molecule has 0 radical (unpaired) electrons. The van der Waals surface area contributed by atoms with Crippen LogP contribution in [0.4, 0.5) is 0 Å². The van der Waals surface area contributed by atoms with E-state index in [1.165, 1.54) is 0 Å². The standard InChI is InChI=1S/C4H10O3.C2H6/c5-2-1-4(7)3-6;1-2/h4-7H,1-3H2;1-2H3. The lowest BCUT2D eigenvalue weighted by Crippen LogP contribution is -2.12. The summed E-state index contributed by atoms with van der Waals surface area (Å²) in [5.74, 6) is 0. The second kappa shape index (κ2) is 10.8. The molecule has 3 heteroatoms. The van der Waals surface area contributed by atoms with Gasteiger partial charge in [0.2, 0.25) is 0 Å². The predicted octanol–water partition coefficient (Wildman–Crippen LogP) is -0.252. The summed E-state index contributed by atoms with van der Waals surface area (Å²) in [5.41, 5.74) is 0. The predicted molar refractivity (Wildman–Crippen MR) is 36.1 cm³/mol. The summed E-state index contributed by atoms with van der Waals surface area (Å²) >= 11 is 0. The Morgan fingerprint density at radius 1 is 1.22 bits per heavy atom. The van der Waals surface area contributed by atoms with E-state index in [9.17, 15) is 0 Å². The Hall–Kier alpha value is -0.120. The molecule has 3 N–H and O–H groups in total. The molecule has 0 aromatic carbocycles. The second-order valence-corrected chi connectivity index (χ2v) is 1.35. The van der Waals surface area contributed by atoms with Gasteiger partial charge in [0.25, 0.3) is 0 Å². The first-order chi connectivity index (χ1) is 4.31. The van der Waals surface area contributed by atoms with Crippen LogP contribution in [0.25, 0.3) is 0 Å². The van der Waals surface area contributed by atoms with Crippen LogP contribution in [0.5, 0.6) is 0 Å². The van der Waals surface area contributed by atoms with Gasteiger partial charge in [-0.1, -0.05) is 13.8 Å². The Balaban J connectivity index is 0. The molecule has 3 nitrogen and oxygen atoms in total. The van der Waals surface area contributed by atoms with Gasteiger partial charge in [0.15, 0.2) is 0 Å². The van der Waals surface area contributed by atoms with Crippen molar-refractivity contribution in [3.05, 3.63) is 0 Å². The second-order valence-electron chi connectivity index (χ2n) is 1.35. The number of aliphatic hydroxyl groups excluding tert-OH is 3. The van der Waals surface area contributed by atoms with Crippen LogP contribution in [-0.2, 0) is 0 Å². The van der Waals surface area contributed by atoms with E-state index in [2.05, 4.69) is 0 Å². The lowest BCUT2D eigenvalue weighted by Gasteiger charge is -2.00. The monoisotopic (exact) mass is 136 g/mol. The van der Waals surface area contributed by atoms with E-state index in [0.29, 0.717) is 0 Å². The largest absolute Gasteiger partial charge is 0.396 e. The fraction of sp³-hybridized carbons (Fsp3) is 1.00. The maximum absolute atomic E-state index is 8.45. The minimum atomic E-state index is -0.745. The van der Waals surface area contributed by atoms with E-state index in [1.54, 1.807) is 0 Å². The fourth-order valence-corrected chi connectivity index (χ4v) is 0.240. The molecule has 0 bridgehead atoms. The maximum atomic E-state index is 8.45. The van der Waals surface area contributed by atoms with E-state index in [1.807, 2.05) is 13.8 Å². The molecule has 1 atom stereocenters. The van der Waals surface area contributed by atoms with Gasteiger partial charge in [0.1, 0.15) is 0 Å². The molecule has 0 aliphatic heterocycles. The summed E-state index contributed by atoms with van der Waals surface area (Å²) in [7, 11) is 0. The molecule has 0 amide bonds. The van der Waals surface area contributed by atoms with Crippen LogP contribution in [0.15, 0.2) is 0 Å². The lowest BCUT2D eigenvalue weighted by atomic mass is 10.3. The van der Waals surface area contributed by atoms with Crippen LogP contribution >= 0.6 is 0 Å². The Labute approximate surface area is 56.0 Å². The normalized spacial score (nSPS) is 11.7. The first-order valence-electron chi connectivity index (χ1n) is 3.21. The Kier molecular flexibility index (Phi) is 14.0. The third-order valence-corrected chi connectivity index (χ3v) is 0.673. The molecule has 0 saturated carbocycles. The molecule has 0 spiro atoms. The summed E-state index contributed by atoms with van der Waals surface area (Å²) in [6.07, 6.45) is -0.485. The first-order valence-corrected chi connectivity index (χ1v) is 3.21. The van der Waals surface area contributed by atoms with Crippen LogP contribution in [0.1, 0.15) is 20.3 Å². The molecule has 0 fully saturated rings. The van der Waals surface area contributed by atoms with E-state index >= 15 is 0 Å². The minimum absolute atomic E-state index is 0.0677. The zero-order chi connectivity index (χ0) is 7.70.